The van der Waals surface area contributed by atoms with Crippen molar-refractivity contribution < 1.29 is 4.39 Å². The molecule has 0 heterocycles. The Hall–Kier alpha value is -1.19. The van der Waals surface area contributed by atoms with E-state index >= 15 is 0 Å². The van der Waals surface area contributed by atoms with Crippen molar-refractivity contribution in [2.24, 2.45) is 0 Å². The van der Waals surface area contributed by atoms with E-state index in [9.17, 15) is 4.39 Å². The Labute approximate surface area is 122 Å². The molecule has 0 saturated carbocycles. The number of rotatable bonds is 6. The number of hydrogen-bond acceptors (Lipinski definition) is 1. The van der Waals surface area contributed by atoms with Gasteiger partial charge in [0.25, 0.3) is 0 Å². The van der Waals surface area contributed by atoms with E-state index < -0.39 is 0 Å². The summed E-state index contributed by atoms with van der Waals surface area (Å²) in [7, 11) is 0. The maximum absolute atomic E-state index is 13.1. The van der Waals surface area contributed by atoms with Crippen molar-refractivity contribution in [3.8, 4) is 0 Å². The Morgan fingerprint density at radius 1 is 1.00 bits per heavy atom. The van der Waals surface area contributed by atoms with Gasteiger partial charge in [-0.2, -0.15) is 0 Å². The Morgan fingerprint density at radius 2 is 1.79 bits per heavy atom. The molecule has 0 atom stereocenters. The summed E-state index contributed by atoms with van der Waals surface area (Å²) in [6.07, 6.45) is 2.19. The van der Waals surface area contributed by atoms with Crippen molar-refractivity contribution in [1.82, 2.24) is 5.32 Å². The van der Waals surface area contributed by atoms with Gasteiger partial charge in [-0.25, -0.2) is 4.39 Å². The van der Waals surface area contributed by atoms with Gasteiger partial charge in [-0.05, 0) is 58.6 Å². The zero-order chi connectivity index (χ0) is 13.5. The molecule has 2 aromatic rings. The standard InChI is InChI=1S/C16H17BrFN/c17-15-11-14(8-9-16(15)18)12-19-10-4-7-13-5-2-1-3-6-13/h1-3,5-6,8-9,11,19H,4,7,10,12H2. The van der Waals surface area contributed by atoms with Crippen molar-refractivity contribution in [1.29, 1.82) is 0 Å². The van der Waals surface area contributed by atoms with Gasteiger partial charge in [0.1, 0.15) is 5.82 Å². The molecular weight excluding hydrogens is 305 g/mol. The largest absolute Gasteiger partial charge is 0.313 e. The smallest absolute Gasteiger partial charge is 0.137 e. The Balaban J connectivity index is 1.68. The lowest BCUT2D eigenvalue weighted by molar-refractivity contribution is 0.616. The highest BCUT2D eigenvalue weighted by Gasteiger charge is 2.00. The maximum atomic E-state index is 13.1. The van der Waals surface area contributed by atoms with Crippen LogP contribution in [0.5, 0.6) is 0 Å². The van der Waals surface area contributed by atoms with Gasteiger partial charge < -0.3 is 5.32 Å². The van der Waals surface area contributed by atoms with Crippen LogP contribution in [0.1, 0.15) is 17.5 Å². The third kappa shape index (κ3) is 4.77. The highest BCUT2D eigenvalue weighted by molar-refractivity contribution is 9.10. The summed E-state index contributed by atoms with van der Waals surface area (Å²) in [6, 6.07) is 15.6. The van der Waals surface area contributed by atoms with Crippen molar-refractivity contribution in [3.63, 3.8) is 0 Å². The van der Waals surface area contributed by atoms with Crippen molar-refractivity contribution >= 4 is 15.9 Å². The fourth-order valence-corrected chi connectivity index (χ4v) is 2.37. The third-order valence-corrected chi connectivity index (χ3v) is 3.58. The van der Waals surface area contributed by atoms with E-state index in [-0.39, 0.29) is 5.82 Å². The molecule has 1 N–H and O–H groups in total. The molecule has 0 saturated heterocycles. The van der Waals surface area contributed by atoms with Gasteiger partial charge >= 0.3 is 0 Å². The molecule has 0 unspecified atom stereocenters. The highest BCUT2D eigenvalue weighted by atomic mass is 79.9. The van der Waals surface area contributed by atoms with Gasteiger partial charge in [-0.3, -0.25) is 0 Å². The lowest BCUT2D eigenvalue weighted by Crippen LogP contribution is -2.15. The zero-order valence-corrected chi connectivity index (χ0v) is 12.3. The summed E-state index contributed by atoms with van der Waals surface area (Å²) in [5.41, 5.74) is 2.46. The quantitative estimate of drug-likeness (QED) is 0.782. The minimum absolute atomic E-state index is 0.215. The number of halogens is 2. The van der Waals surface area contributed by atoms with E-state index in [2.05, 4.69) is 45.5 Å². The van der Waals surface area contributed by atoms with Crippen LogP contribution in [-0.4, -0.2) is 6.54 Å². The molecule has 0 amide bonds. The molecule has 0 fully saturated rings. The van der Waals surface area contributed by atoms with E-state index in [1.165, 1.54) is 11.6 Å². The number of nitrogens with one attached hydrogen (secondary N) is 1. The van der Waals surface area contributed by atoms with Crippen molar-refractivity contribution in [2.45, 2.75) is 19.4 Å². The van der Waals surface area contributed by atoms with E-state index in [0.29, 0.717) is 4.47 Å². The van der Waals surface area contributed by atoms with Gasteiger partial charge in [-0.1, -0.05) is 36.4 Å². The fourth-order valence-electron chi connectivity index (χ4n) is 1.94. The number of aryl methyl sites for hydroxylation is 1. The molecule has 3 heteroatoms. The molecule has 0 radical (unpaired) electrons. The topological polar surface area (TPSA) is 12.0 Å². The molecule has 0 aliphatic rings. The van der Waals surface area contributed by atoms with E-state index in [1.54, 1.807) is 0 Å². The molecular formula is C16H17BrFN. The molecule has 1 nitrogen and oxygen atoms in total. The molecule has 0 spiro atoms. The molecule has 0 aliphatic carbocycles. The van der Waals surface area contributed by atoms with Gasteiger partial charge in [-0.15, -0.1) is 0 Å². The summed E-state index contributed by atoms with van der Waals surface area (Å²) in [6.45, 7) is 1.73. The molecule has 2 aromatic carbocycles. The van der Waals surface area contributed by atoms with Gasteiger partial charge in [0, 0.05) is 6.54 Å². The molecule has 0 bridgehead atoms. The van der Waals surface area contributed by atoms with Crippen LogP contribution in [0.4, 0.5) is 4.39 Å². The minimum Gasteiger partial charge on any atom is -0.313 e. The van der Waals surface area contributed by atoms with Crippen LogP contribution in [0, 0.1) is 5.82 Å². The van der Waals surface area contributed by atoms with Crippen LogP contribution in [0.25, 0.3) is 0 Å². The first kappa shape index (κ1) is 14.2. The van der Waals surface area contributed by atoms with Gasteiger partial charge in [0.2, 0.25) is 0 Å². The zero-order valence-electron chi connectivity index (χ0n) is 10.7. The Bertz CT molecular complexity index is 513. The second-order valence-electron chi connectivity index (χ2n) is 4.51. The van der Waals surface area contributed by atoms with Crippen LogP contribution in [0.3, 0.4) is 0 Å². The number of hydrogen-bond donors (Lipinski definition) is 1. The summed E-state index contributed by atoms with van der Waals surface area (Å²) >= 11 is 3.20. The summed E-state index contributed by atoms with van der Waals surface area (Å²) in [5, 5.41) is 3.38. The van der Waals surface area contributed by atoms with Crippen LogP contribution < -0.4 is 5.32 Å². The summed E-state index contributed by atoms with van der Waals surface area (Å²) < 4.78 is 13.6. The van der Waals surface area contributed by atoms with Crippen molar-refractivity contribution in [2.75, 3.05) is 6.54 Å². The second-order valence-corrected chi connectivity index (χ2v) is 5.37. The Kier molecular flexibility index (Phi) is 5.55. The van der Waals surface area contributed by atoms with Crippen LogP contribution in [0.15, 0.2) is 53.0 Å². The highest BCUT2D eigenvalue weighted by Crippen LogP contribution is 2.16. The second kappa shape index (κ2) is 7.41. The van der Waals surface area contributed by atoms with Gasteiger partial charge in [0.05, 0.1) is 4.47 Å². The molecule has 0 aromatic heterocycles. The van der Waals surface area contributed by atoms with E-state index in [4.69, 9.17) is 0 Å². The first-order valence-corrected chi connectivity index (χ1v) is 7.23. The first-order chi connectivity index (χ1) is 9.25. The first-order valence-electron chi connectivity index (χ1n) is 6.44. The van der Waals surface area contributed by atoms with Crippen LogP contribution in [0.2, 0.25) is 0 Å². The normalized spacial score (nSPS) is 10.6. The van der Waals surface area contributed by atoms with Crippen LogP contribution in [-0.2, 0) is 13.0 Å². The third-order valence-electron chi connectivity index (χ3n) is 2.97. The van der Waals surface area contributed by atoms with Crippen LogP contribution >= 0.6 is 15.9 Å². The Morgan fingerprint density at radius 3 is 2.53 bits per heavy atom. The predicted octanol–water partition coefficient (Wildman–Crippen LogP) is 4.31. The monoisotopic (exact) mass is 321 g/mol. The van der Waals surface area contributed by atoms with Gasteiger partial charge in [0.15, 0.2) is 0 Å². The summed E-state index contributed by atoms with van der Waals surface area (Å²) in [4.78, 5) is 0. The molecule has 100 valence electrons. The lowest BCUT2D eigenvalue weighted by Gasteiger charge is -2.06. The van der Waals surface area contributed by atoms with E-state index in [1.807, 2.05) is 18.2 Å². The molecule has 2 rings (SSSR count). The lowest BCUT2D eigenvalue weighted by atomic mass is 10.1. The molecule has 0 aliphatic heterocycles. The SMILES string of the molecule is Fc1ccc(CNCCCc2ccccc2)cc1Br. The fraction of sp³-hybridized carbons (Fsp3) is 0.250. The minimum atomic E-state index is -0.215. The maximum Gasteiger partial charge on any atom is 0.137 e. The van der Waals surface area contributed by atoms with Crippen molar-refractivity contribution in [3.05, 3.63) is 69.9 Å². The average Bonchev–Trinajstić information content (AvgIpc) is 2.43. The van der Waals surface area contributed by atoms with E-state index in [0.717, 1.165) is 31.5 Å². The molecule has 19 heavy (non-hydrogen) atoms. The summed E-state index contributed by atoms with van der Waals surface area (Å²) in [5.74, 6) is -0.215. The average molecular weight is 322 g/mol. The number of benzene rings is 2. The predicted molar refractivity (Wildman–Crippen MR) is 80.6 cm³/mol.